The summed E-state index contributed by atoms with van der Waals surface area (Å²) in [4.78, 5) is 19.6. The van der Waals surface area contributed by atoms with Crippen molar-refractivity contribution in [2.45, 2.75) is 5.75 Å². The minimum atomic E-state index is -3.32. The lowest BCUT2D eigenvalue weighted by Gasteiger charge is -2.12. The van der Waals surface area contributed by atoms with Crippen molar-refractivity contribution >= 4 is 32.6 Å². The molecule has 0 bridgehead atoms. The van der Waals surface area contributed by atoms with E-state index in [4.69, 9.17) is 5.11 Å². The summed E-state index contributed by atoms with van der Waals surface area (Å²) in [6.45, 7) is 0. The maximum absolute atomic E-state index is 12.0. The zero-order chi connectivity index (χ0) is 17.8. The van der Waals surface area contributed by atoms with Gasteiger partial charge in [0.25, 0.3) is 0 Å². The number of hydrogen-bond acceptors (Lipinski definition) is 5. The van der Waals surface area contributed by atoms with E-state index >= 15 is 0 Å². The zero-order valence-corrected chi connectivity index (χ0v) is 14.0. The summed E-state index contributed by atoms with van der Waals surface area (Å²) in [7, 11) is -1.79. The number of anilines is 1. The molecule has 126 valence electrons. The summed E-state index contributed by atoms with van der Waals surface area (Å²) < 4.78 is 25.3. The summed E-state index contributed by atoms with van der Waals surface area (Å²) in [6, 6.07) is 8.42. The molecule has 7 nitrogen and oxygen atoms in total. The predicted octanol–water partition coefficient (Wildman–Crippen LogP) is 2.27. The number of carboxylic acids is 1. The average molecular weight is 355 g/mol. The van der Waals surface area contributed by atoms with Crippen molar-refractivity contribution in [3.05, 3.63) is 54.0 Å². The molecule has 3 aromatic rings. The van der Waals surface area contributed by atoms with Crippen molar-refractivity contribution in [1.82, 2.24) is 9.97 Å². The summed E-state index contributed by atoms with van der Waals surface area (Å²) in [5.41, 5.74) is 3.22. The van der Waals surface area contributed by atoms with Gasteiger partial charge in [-0.25, -0.2) is 18.2 Å². The number of fused-ring (bicyclic) bond motifs is 2. The number of benzene rings is 1. The molecule has 0 saturated carbocycles. The van der Waals surface area contributed by atoms with Gasteiger partial charge in [-0.3, -0.25) is 9.29 Å². The fourth-order valence-electron chi connectivity index (χ4n) is 2.99. The Balaban J connectivity index is 1.92. The van der Waals surface area contributed by atoms with Gasteiger partial charge in [0.05, 0.1) is 17.0 Å². The normalized spacial score (nSPS) is 15.3. The van der Waals surface area contributed by atoms with Crippen LogP contribution in [-0.4, -0.2) is 36.5 Å². The van der Waals surface area contributed by atoms with Crippen molar-refractivity contribution in [2.24, 2.45) is 0 Å². The Morgan fingerprint density at radius 3 is 2.76 bits per heavy atom. The van der Waals surface area contributed by atoms with Crippen LogP contribution in [0.2, 0.25) is 0 Å². The van der Waals surface area contributed by atoms with Crippen LogP contribution in [0.1, 0.15) is 16.1 Å². The van der Waals surface area contributed by atoms with Crippen LogP contribution in [0.3, 0.4) is 0 Å². The first kappa shape index (κ1) is 15.5. The van der Waals surface area contributed by atoms with Crippen molar-refractivity contribution in [3.63, 3.8) is 0 Å². The highest BCUT2D eigenvalue weighted by Gasteiger charge is 2.30. The SMILES string of the molecule is CN1c2ccc(-c3cncc4ccc(C(=O)O)nc34)cc2CS1(=O)=O. The number of sulfonamides is 1. The Morgan fingerprint density at radius 1 is 1.20 bits per heavy atom. The highest BCUT2D eigenvalue weighted by molar-refractivity contribution is 7.92. The minimum absolute atomic E-state index is 0.0524. The van der Waals surface area contributed by atoms with Crippen LogP contribution in [0.15, 0.2) is 42.7 Å². The highest BCUT2D eigenvalue weighted by atomic mass is 32.2. The third-order valence-corrected chi connectivity index (χ3v) is 6.01. The van der Waals surface area contributed by atoms with Gasteiger partial charge < -0.3 is 5.11 Å². The lowest BCUT2D eigenvalue weighted by atomic mass is 10.0. The molecule has 0 radical (unpaired) electrons. The average Bonchev–Trinajstić information content (AvgIpc) is 2.82. The third-order valence-electron chi connectivity index (χ3n) is 4.30. The smallest absolute Gasteiger partial charge is 0.354 e. The predicted molar refractivity (Wildman–Crippen MR) is 93.0 cm³/mol. The molecule has 2 aromatic heterocycles. The molecule has 3 heterocycles. The number of aromatic nitrogens is 2. The lowest BCUT2D eigenvalue weighted by Crippen LogP contribution is -2.20. The van der Waals surface area contributed by atoms with Gasteiger partial charge in [0.1, 0.15) is 5.69 Å². The van der Waals surface area contributed by atoms with Gasteiger partial charge >= 0.3 is 5.97 Å². The van der Waals surface area contributed by atoms with Crippen molar-refractivity contribution in [2.75, 3.05) is 11.4 Å². The fourth-order valence-corrected chi connectivity index (χ4v) is 4.29. The number of carboxylic acid groups (broad SMARTS) is 1. The molecule has 0 fully saturated rings. The van der Waals surface area contributed by atoms with E-state index in [9.17, 15) is 13.2 Å². The van der Waals surface area contributed by atoms with E-state index in [1.807, 2.05) is 0 Å². The molecule has 8 heteroatoms. The molecule has 0 amide bonds. The molecule has 1 aromatic carbocycles. The van der Waals surface area contributed by atoms with Crippen LogP contribution in [0.25, 0.3) is 22.0 Å². The Labute approximate surface area is 143 Å². The van der Waals surface area contributed by atoms with Crippen molar-refractivity contribution < 1.29 is 18.3 Å². The Hall–Kier alpha value is -3.00. The number of rotatable bonds is 2. The van der Waals surface area contributed by atoms with E-state index in [-0.39, 0.29) is 11.4 Å². The maximum atomic E-state index is 12.0. The van der Waals surface area contributed by atoms with Gasteiger partial charge in [-0.2, -0.15) is 0 Å². The molecular formula is C17H13N3O4S. The van der Waals surface area contributed by atoms with E-state index in [2.05, 4.69) is 9.97 Å². The van der Waals surface area contributed by atoms with Crippen LogP contribution < -0.4 is 4.31 Å². The first-order valence-corrected chi connectivity index (χ1v) is 9.06. The van der Waals surface area contributed by atoms with E-state index in [0.717, 1.165) is 5.56 Å². The quantitative estimate of drug-likeness (QED) is 0.757. The highest BCUT2D eigenvalue weighted by Crippen LogP contribution is 2.36. The van der Waals surface area contributed by atoms with Crippen LogP contribution in [0.4, 0.5) is 5.69 Å². The molecule has 0 unspecified atom stereocenters. The standard InChI is InChI=1S/C17H13N3O4S/c1-20-15-5-3-10(6-12(15)9-25(20,23)24)13-8-18-7-11-2-4-14(17(21)22)19-16(11)13/h2-8H,9H2,1H3,(H,21,22). The zero-order valence-electron chi connectivity index (χ0n) is 13.2. The second kappa shape index (κ2) is 5.25. The molecule has 1 N–H and O–H groups in total. The van der Waals surface area contributed by atoms with Gasteiger partial charge in [0.15, 0.2) is 0 Å². The number of nitrogens with zero attached hydrogens (tertiary/aromatic N) is 3. The fraction of sp³-hybridized carbons (Fsp3) is 0.118. The summed E-state index contributed by atoms with van der Waals surface area (Å²) in [5.74, 6) is -1.16. The molecule has 1 aliphatic heterocycles. The summed E-state index contributed by atoms with van der Waals surface area (Å²) >= 11 is 0. The first-order chi connectivity index (χ1) is 11.9. The largest absolute Gasteiger partial charge is 0.477 e. The number of hydrogen-bond donors (Lipinski definition) is 1. The second-order valence-corrected chi connectivity index (χ2v) is 7.83. The van der Waals surface area contributed by atoms with Gasteiger partial charge in [-0.1, -0.05) is 6.07 Å². The van der Waals surface area contributed by atoms with E-state index in [0.29, 0.717) is 27.7 Å². The number of pyridine rings is 2. The Morgan fingerprint density at radius 2 is 2.00 bits per heavy atom. The van der Waals surface area contributed by atoms with Gasteiger partial charge in [0.2, 0.25) is 10.0 Å². The minimum Gasteiger partial charge on any atom is -0.477 e. The number of carbonyl (C=O) groups is 1. The summed E-state index contributed by atoms with van der Waals surface area (Å²) in [5, 5.41) is 9.88. The molecule has 0 saturated heterocycles. The molecule has 1 aliphatic rings. The van der Waals surface area contributed by atoms with Crippen LogP contribution in [0.5, 0.6) is 0 Å². The Kier molecular flexibility index (Phi) is 3.26. The van der Waals surface area contributed by atoms with Crippen molar-refractivity contribution in [1.29, 1.82) is 0 Å². The van der Waals surface area contributed by atoms with E-state index in [1.165, 1.54) is 17.4 Å². The number of aromatic carboxylic acids is 1. The van der Waals surface area contributed by atoms with Crippen LogP contribution in [0, 0.1) is 0 Å². The Bertz CT molecular complexity index is 1140. The van der Waals surface area contributed by atoms with Gasteiger partial charge in [-0.05, 0) is 35.4 Å². The van der Waals surface area contributed by atoms with Gasteiger partial charge in [0, 0.05) is 30.4 Å². The van der Waals surface area contributed by atoms with Gasteiger partial charge in [-0.15, -0.1) is 0 Å². The van der Waals surface area contributed by atoms with Crippen molar-refractivity contribution in [3.8, 4) is 11.1 Å². The molecule has 0 spiro atoms. The molecule has 0 aliphatic carbocycles. The second-order valence-electron chi connectivity index (χ2n) is 5.83. The third kappa shape index (κ3) is 2.42. The van der Waals surface area contributed by atoms with E-state index in [1.54, 1.807) is 36.7 Å². The monoisotopic (exact) mass is 355 g/mol. The lowest BCUT2D eigenvalue weighted by molar-refractivity contribution is 0.0691. The van der Waals surface area contributed by atoms with E-state index < -0.39 is 16.0 Å². The first-order valence-electron chi connectivity index (χ1n) is 7.45. The van der Waals surface area contributed by atoms with Crippen LogP contribution >= 0.6 is 0 Å². The molecular weight excluding hydrogens is 342 g/mol. The maximum Gasteiger partial charge on any atom is 0.354 e. The summed E-state index contributed by atoms with van der Waals surface area (Å²) in [6.07, 6.45) is 3.22. The molecule has 0 atom stereocenters. The topological polar surface area (TPSA) is 100 Å². The molecule has 25 heavy (non-hydrogen) atoms. The van der Waals surface area contributed by atoms with Crippen LogP contribution in [-0.2, 0) is 15.8 Å². The molecule has 4 rings (SSSR count).